The molecule has 4 aromatic rings. The normalized spacial score (nSPS) is 11.1. The monoisotopic (exact) mass is 466 g/mol. The van der Waals surface area contributed by atoms with Crippen LogP contribution >= 0.6 is 23.1 Å². The molecule has 0 radical (unpaired) electrons. The summed E-state index contributed by atoms with van der Waals surface area (Å²) in [6, 6.07) is 16.3. The fraction of sp³-hybridized carbons (Fsp3) is 0.217. The van der Waals surface area contributed by atoms with Crippen LogP contribution in [0.5, 0.6) is 0 Å². The summed E-state index contributed by atoms with van der Waals surface area (Å²) in [5.74, 6) is 0.498. The Kier molecular flexibility index (Phi) is 6.29. The molecular weight excluding hydrogens is 444 g/mol. The number of rotatable bonds is 6. The summed E-state index contributed by atoms with van der Waals surface area (Å²) in [6.45, 7) is 3.70. The van der Waals surface area contributed by atoms with Gasteiger partial charge in [-0.15, -0.1) is 11.3 Å². The van der Waals surface area contributed by atoms with Gasteiger partial charge in [0.2, 0.25) is 5.91 Å². The van der Waals surface area contributed by atoms with Gasteiger partial charge in [-0.2, -0.15) is 0 Å². The molecule has 0 atom stereocenters. The van der Waals surface area contributed by atoms with Crippen LogP contribution in [0.2, 0.25) is 0 Å². The van der Waals surface area contributed by atoms with E-state index in [0.717, 1.165) is 15.9 Å². The number of hydrogen-bond donors (Lipinski definition) is 0. The zero-order chi connectivity index (χ0) is 22.8. The molecule has 4 rings (SSSR count). The predicted molar refractivity (Wildman–Crippen MR) is 130 cm³/mol. The Morgan fingerprint density at radius 1 is 1.09 bits per heavy atom. The van der Waals surface area contributed by atoms with Crippen LogP contribution in [0.4, 0.5) is 5.69 Å². The lowest BCUT2D eigenvalue weighted by Gasteiger charge is -2.18. The number of para-hydroxylation sites is 1. The zero-order valence-electron chi connectivity index (χ0n) is 17.9. The van der Waals surface area contributed by atoms with Crippen LogP contribution in [0.1, 0.15) is 12.5 Å². The molecule has 0 saturated carbocycles. The molecule has 9 heteroatoms. The summed E-state index contributed by atoms with van der Waals surface area (Å²) in [4.78, 5) is 45.8. The number of hydrogen-bond acceptors (Lipinski definition) is 6. The van der Waals surface area contributed by atoms with E-state index in [9.17, 15) is 14.4 Å². The lowest BCUT2D eigenvalue weighted by Crippen LogP contribution is -2.42. The van der Waals surface area contributed by atoms with Crippen molar-refractivity contribution >= 4 is 45.0 Å². The minimum Gasteiger partial charge on any atom is -0.314 e. The van der Waals surface area contributed by atoms with Gasteiger partial charge in [0.15, 0.2) is 9.99 Å². The lowest BCUT2D eigenvalue weighted by molar-refractivity contribution is -0.118. The van der Waals surface area contributed by atoms with Gasteiger partial charge in [0.1, 0.15) is 11.2 Å². The fourth-order valence-corrected chi connectivity index (χ4v) is 5.27. The number of thioether (sulfide) groups is 1. The molecule has 2 aromatic carbocycles. The highest BCUT2D eigenvalue weighted by Crippen LogP contribution is 2.27. The average Bonchev–Trinajstić information content (AvgIpc) is 3.22. The molecular formula is C23H22N4O3S2. The van der Waals surface area contributed by atoms with Gasteiger partial charge in [-0.1, -0.05) is 54.6 Å². The number of carbonyl (C=O) groups excluding carboxylic acids is 1. The van der Waals surface area contributed by atoms with Crippen molar-refractivity contribution in [2.75, 3.05) is 17.7 Å². The van der Waals surface area contributed by atoms with Crippen molar-refractivity contribution in [2.45, 2.75) is 24.7 Å². The Bertz CT molecular complexity index is 1390. The Morgan fingerprint density at radius 3 is 2.44 bits per heavy atom. The fourth-order valence-electron chi connectivity index (χ4n) is 3.30. The second kappa shape index (κ2) is 9.13. The average molecular weight is 467 g/mol. The van der Waals surface area contributed by atoms with E-state index < -0.39 is 11.2 Å². The Labute approximate surface area is 193 Å². The van der Waals surface area contributed by atoms with Gasteiger partial charge >= 0.3 is 5.69 Å². The van der Waals surface area contributed by atoms with Crippen molar-refractivity contribution in [2.24, 2.45) is 0 Å². The van der Waals surface area contributed by atoms with Gasteiger partial charge in [-0.25, -0.2) is 14.3 Å². The highest BCUT2D eigenvalue weighted by Gasteiger charge is 2.22. The van der Waals surface area contributed by atoms with E-state index in [0.29, 0.717) is 20.4 Å². The molecule has 0 bridgehead atoms. The third-order valence-corrected chi connectivity index (χ3v) is 7.09. The summed E-state index contributed by atoms with van der Waals surface area (Å²) in [5, 5.41) is 0. The molecule has 0 fully saturated rings. The molecule has 0 N–H and O–H groups in total. The number of amides is 1. The number of aromatic nitrogens is 3. The van der Waals surface area contributed by atoms with Gasteiger partial charge in [-0.05, 0) is 36.9 Å². The first kappa shape index (κ1) is 22.0. The van der Waals surface area contributed by atoms with Gasteiger partial charge < -0.3 is 4.90 Å². The minimum absolute atomic E-state index is 0.229. The molecule has 0 aliphatic carbocycles. The zero-order valence-corrected chi connectivity index (χ0v) is 19.6. The first-order valence-electron chi connectivity index (χ1n) is 10.1. The second-order valence-electron chi connectivity index (χ2n) is 7.20. The maximum absolute atomic E-state index is 13.5. The predicted octanol–water partition coefficient (Wildman–Crippen LogP) is 3.69. The molecule has 0 unspecified atom stereocenters. The number of carbonyl (C=O) groups is 1. The van der Waals surface area contributed by atoms with E-state index in [-0.39, 0.29) is 18.1 Å². The topological polar surface area (TPSA) is 77.2 Å². The maximum atomic E-state index is 13.5. The van der Waals surface area contributed by atoms with Crippen LogP contribution in [-0.2, 0) is 11.3 Å². The standard InChI is InChI=1S/C23H22N4O3S2/c1-4-31-22-24-20-19(32-22)21(29)27(17-12-10-15(2)11-13-17)23(30)26(20)14-18(28)25(3)16-8-6-5-7-9-16/h5-13H,4,14H2,1-3H3. The third kappa shape index (κ3) is 4.13. The van der Waals surface area contributed by atoms with Crippen LogP contribution in [0, 0.1) is 6.92 Å². The van der Waals surface area contributed by atoms with Gasteiger partial charge in [0.25, 0.3) is 5.56 Å². The highest BCUT2D eigenvalue weighted by atomic mass is 32.2. The first-order chi connectivity index (χ1) is 15.4. The highest BCUT2D eigenvalue weighted by molar-refractivity contribution is 8.01. The van der Waals surface area contributed by atoms with E-state index in [4.69, 9.17) is 0 Å². The second-order valence-corrected chi connectivity index (χ2v) is 9.71. The summed E-state index contributed by atoms with van der Waals surface area (Å²) in [7, 11) is 1.66. The molecule has 2 aromatic heterocycles. The quantitative estimate of drug-likeness (QED) is 0.405. The Balaban J connectivity index is 1.88. The molecule has 0 spiro atoms. The van der Waals surface area contributed by atoms with Gasteiger partial charge in [0.05, 0.1) is 5.69 Å². The molecule has 32 heavy (non-hydrogen) atoms. The van der Waals surface area contributed by atoms with Crippen molar-refractivity contribution in [3.8, 4) is 5.69 Å². The van der Waals surface area contributed by atoms with Gasteiger partial charge in [-0.3, -0.25) is 14.2 Å². The first-order valence-corrected chi connectivity index (χ1v) is 11.9. The van der Waals surface area contributed by atoms with Crippen molar-refractivity contribution in [1.29, 1.82) is 0 Å². The lowest BCUT2D eigenvalue weighted by atomic mass is 10.2. The summed E-state index contributed by atoms with van der Waals surface area (Å²) in [6.07, 6.45) is 0. The van der Waals surface area contributed by atoms with Crippen molar-refractivity contribution in [3.05, 3.63) is 81.0 Å². The van der Waals surface area contributed by atoms with Gasteiger partial charge in [0, 0.05) is 12.7 Å². The summed E-state index contributed by atoms with van der Waals surface area (Å²) in [5.41, 5.74) is 1.44. The molecule has 164 valence electrons. The van der Waals surface area contributed by atoms with E-state index >= 15 is 0 Å². The summed E-state index contributed by atoms with van der Waals surface area (Å²) >= 11 is 2.75. The number of aryl methyl sites for hydroxylation is 1. The van der Waals surface area contributed by atoms with E-state index in [1.165, 1.54) is 32.6 Å². The molecule has 0 saturated heterocycles. The van der Waals surface area contributed by atoms with Crippen LogP contribution < -0.4 is 16.1 Å². The molecule has 0 aliphatic rings. The van der Waals surface area contributed by atoms with Crippen LogP contribution in [0.3, 0.4) is 0 Å². The number of nitrogens with zero attached hydrogens (tertiary/aromatic N) is 4. The van der Waals surface area contributed by atoms with Crippen molar-refractivity contribution < 1.29 is 4.79 Å². The van der Waals surface area contributed by atoms with Crippen LogP contribution in [-0.4, -0.2) is 32.8 Å². The van der Waals surface area contributed by atoms with Crippen molar-refractivity contribution in [3.63, 3.8) is 0 Å². The van der Waals surface area contributed by atoms with Crippen LogP contribution in [0.25, 0.3) is 16.0 Å². The number of anilines is 1. The summed E-state index contributed by atoms with van der Waals surface area (Å²) < 4.78 is 3.47. The maximum Gasteiger partial charge on any atom is 0.337 e. The number of likely N-dealkylation sites (N-methyl/N-ethyl adjacent to an activating group) is 1. The van der Waals surface area contributed by atoms with E-state index in [1.54, 1.807) is 19.2 Å². The largest absolute Gasteiger partial charge is 0.337 e. The molecule has 2 heterocycles. The third-order valence-electron chi connectivity index (χ3n) is 5.04. The Morgan fingerprint density at radius 2 is 1.78 bits per heavy atom. The molecule has 1 amide bonds. The number of fused-ring (bicyclic) bond motifs is 1. The SMILES string of the molecule is CCSc1nc2c(s1)c(=O)n(-c1ccc(C)cc1)c(=O)n2CC(=O)N(C)c1ccccc1. The Hall–Kier alpha value is -3.17. The number of benzene rings is 2. The molecule has 7 nitrogen and oxygen atoms in total. The number of thiazole rings is 1. The van der Waals surface area contributed by atoms with Crippen molar-refractivity contribution in [1.82, 2.24) is 14.1 Å². The minimum atomic E-state index is -0.584. The van der Waals surface area contributed by atoms with E-state index in [2.05, 4.69) is 4.98 Å². The van der Waals surface area contributed by atoms with E-state index in [1.807, 2.05) is 56.3 Å². The van der Waals surface area contributed by atoms with Crippen LogP contribution in [0.15, 0.2) is 68.5 Å². The smallest absolute Gasteiger partial charge is 0.314 e. The molecule has 0 aliphatic heterocycles.